The zero-order valence-electron chi connectivity index (χ0n) is 19.3. The molecule has 23 heavy (non-hydrogen) atoms. The first kappa shape index (κ1) is 13.8. The third-order valence-corrected chi connectivity index (χ3v) is 3.14. The highest BCUT2D eigenvalue weighted by atomic mass is 16.5. The SMILES string of the molecule is [2H]C([2H])([2H])C([2H])([2H])CCC/C=C\C/C=C\C/C=C\C/C=C\CCCC(=O)OC. The summed E-state index contributed by atoms with van der Waals surface area (Å²) < 4.78 is 41.1. The number of methoxy groups -OCH3 is 1. The molecule has 2 nitrogen and oxygen atoms in total. The van der Waals surface area contributed by atoms with Gasteiger partial charge in [-0.25, -0.2) is 0 Å². The molecule has 0 atom stereocenters. The van der Waals surface area contributed by atoms with Crippen molar-refractivity contribution in [2.24, 2.45) is 0 Å². The lowest BCUT2D eigenvalue weighted by Crippen LogP contribution is -1.98. The Morgan fingerprint density at radius 1 is 0.870 bits per heavy atom. The molecular formula is C21H34O2. The van der Waals surface area contributed by atoms with E-state index in [-0.39, 0.29) is 12.4 Å². The molecule has 0 heterocycles. The minimum Gasteiger partial charge on any atom is -0.469 e. The summed E-state index contributed by atoms with van der Waals surface area (Å²) in [6.45, 7) is -2.55. The van der Waals surface area contributed by atoms with Crippen LogP contribution in [0.5, 0.6) is 0 Å². The molecule has 2 heteroatoms. The number of rotatable bonds is 14. The van der Waals surface area contributed by atoms with Crippen LogP contribution in [0.1, 0.15) is 77.9 Å². The summed E-state index contributed by atoms with van der Waals surface area (Å²) in [5, 5.41) is 0. The Morgan fingerprint density at radius 3 is 1.91 bits per heavy atom. The van der Waals surface area contributed by atoms with E-state index in [1.807, 2.05) is 12.2 Å². The van der Waals surface area contributed by atoms with Crippen LogP contribution in [0, 0.1) is 0 Å². The molecule has 0 saturated heterocycles. The summed E-state index contributed by atoms with van der Waals surface area (Å²) >= 11 is 0. The maximum absolute atomic E-state index is 10.9. The van der Waals surface area contributed by atoms with Crippen LogP contribution in [-0.2, 0) is 9.53 Å². The average Bonchev–Trinajstić information content (AvgIpc) is 2.62. The van der Waals surface area contributed by atoms with Gasteiger partial charge in [-0.05, 0) is 44.9 Å². The Balaban J connectivity index is 3.65. The van der Waals surface area contributed by atoms with Gasteiger partial charge in [-0.1, -0.05) is 68.3 Å². The Kier molecular flexibility index (Phi) is 11.1. The van der Waals surface area contributed by atoms with Crippen LogP contribution in [0.15, 0.2) is 48.6 Å². The molecule has 0 saturated carbocycles. The molecule has 0 aromatic carbocycles. The van der Waals surface area contributed by atoms with Crippen molar-refractivity contribution in [1.29, 1.82) is 0 Å². The Morgan fingerprint density at radius 2 is 1.39 bits per heavy atom. The largest absolute Gasteiger partial charge is 0.469 e. The molecule has 0 aromatic heterocycles. The number of hydrogen-bond donors (Lipinski definition) is 0. The van der Waals surface area contributed by atoms with Gasteiger partial charge in [0.25, 0.3) is 0 Å². The second-order valence-electron chi connectivity index (χ2n) is 5.13. The van der Waals surface area contributed by atoms with Crippen LogP contribution in [-0.4, -0.2) is 13.1 Å². The van der Waals surface area contributed by atoms with Crippen LogP contribution in [0.2, 0.25) is 0 Å². The Labute approximate surface area is 150 Å². The van der Waals surface area contributed by atoms with Gasteiger partial charge in [-0.2, -0.15) is 0 Å². The Bertz CT molecular complexity index is 531. The van der Waals surface area contributed by atoms with Gasteiger partial charge in [0.15, 0.2) is 0 Å². The van der Waals surface area contributed by atoms with E-state index in [4.69, 9.17) is 6.85 Å². The molecule has 0 aliphatic carbocycles. The minimum atomic E-state index is -2.55. The zero-order valence-corrected chi connectivity index (χ0v) is 14.3. The van der Waals surface area contributed by atoms with E-state index in [0.29, 0.717) is 19.3 Å². The molecule has 0 amide bonds. The van der Waals surface area contributed by atoms with Crippen LogP contribution in [0.25, 0.3) is 0 Å². The van der Waals surface area contributed by atoms with Gasteiger partial charge in [0.2, 0.25) is 0 Å². The standard InChI is InChI=1S/C21H34O2/c1-3-4-5-6-7-8-9-10-11-12-13-14-15-16-17-18-19-20-21(22)23-2/h7-8,10-11,13-14,16-17H,3-6,9,12,15,18-20H2,1-2H3/b8-7-,11-10-,14-13-,17-16-/i1D3,3D2. The molecule has 0 aromatic rings. The number of esters is 1. The van der Waals surface area contributed by atoms with Gasteiger partial charge in [0, 0.05) is 13.3 Å². The second-order valence-corrected chi connectivity index (χ2v) is 5.13. The normalized spacial score (nSPS) is 16.7. The summed E-state index contributed by atoms with van der Waals surface area (Å²) in [5.41, 5.74) is 0. The molecule has 130 valence electrons. The van der Waals surface area contributed by atoms with Crippen molar-refractivity contribution in [2.75, 3.05) is 7.11 Å². The number of ether oxygens (including phenoxy) is 1. The van der Waals surface area contributed by atoms with E-state index >= 15 is 0 Å². The van der Waals surface area contributed by atoms with E-state index in [9.17, 15) is 4.79 Å². The molecule has 0 fully saturated rings. The summed E-state index contributed by atoms with van der Waals surface area (Å²) in [6.07, 6.45) is 20.5. The van der Waals surface area contributed by atoms with Crippen LogP contribution in [0.4, 0.5) is 0 Å². The molecule has 0 N–H and O–H groups in total. The monoisotopic (exact) mass is 323 g/mol. The molecule has 0 spiro atoms. The van der Waals surface area contributed by atoms with E-state index in [2.05, 4.69) is 41.2 Å². The quantitative estimate of drug-likeness (QED) is 0.213. The molecule has 0 aliphatic rings. The van der Waals surface area contributed by atoms with Crippen LogP contribution < -0.4 is 0 Å². The third-order valence-electron chi connectivity index (χ3n) is 3.14. The van der Waals surface area contributed by atoms with Crippen LogP contribution in [0.3, 0.4) is 0 Å². The highest BCUT2D eigenvalue weighted by Gasteiger charge is 1.96. The lowest BCUT2D eigenvalue weighted by atomic mass is 10.2. The van der Waals surface area contributed by atoms with E-state index < -0.39 is 13.2 Å². The second kappa shape index (κ2) is 18.5. The fourth-order valence-electron chi connectivity index (χ4n) is 1.82. The number of allylic oxidation sites excluding steroid dienone is 8. The smallest absolute Gasteiger partial charge is 0.305 e. The van der Waals surface area contributed by atoms with Crippen molar-refractivity contribution in [1.82, 2.24) is 0 Å². The van der Waals surface area contributed by atoms with Gasteiger partial charge < -0.3 is 4.74 Å². The summed E-state index contributed by atoms with van der Waals surface area (Å²) in [4.78, 5) is 10.9. The lowest BCUT2D eigenvalue weighted by Gasteiger charge is -1.95. The summed E-state index contributed by atoms with van der Waals surface area (Å²) in [5.74, 6) is -0.161. The predicted molar refractivity (Wildman–Crippen MR) is 100 cm³/mol. The molecule has 0 rings (SSSR count). The minimum absolute atomic E-state index is 0.0498. The average molecular weight is 324 g/mol. The lowest BCUT2D eigenvalue weighted by molar-refractivity contribution is -0.140. The van der Waals surface area contributed by atoms with Crippen molar-refractivity contribution in [3.63, 3.8) is 0 Å². The fourth-order valence-corrected chi connectivity index (χ4v) is 1.82. The van der Waals surface area contributed by atoms with Gasteiger partial charge in [-0.3, -0.25) is 4.79 Å². The highest BCUT2D eigenvalue weighted by molar-refractivity contribution is 5.69. The van der Waals surface area contributed by atoms with E-state index in [1.54, 1.807) is 0 Å². The first-order valence-corrected chi connectivity index (χ1v) is 8.37. The van der Waals surface area contributed by atoms with Gasteiger partial charge in [-0.15, -0.1) is 0 Å². The molecule has 0 aliphatic heterocycles. The third kappa shape index (κ3) is 18.4. The van der Waals surface area contributed by atoms with Crippen molar-refractivity contribution in [2.45, 2.75) is 71.0 Å². The van der Waals surface area contributed by atoms with Gasteiger partial charge >= 0.3 is 5.97 Å². The van der Waals surface area contributed by atoms with Crippen molar-refractivity contribution >= 4 is 5.97 Å². The fraction of sp³-hybridized carbons (Fsp3) is 0.571. The predicted octanol–water partition coefficient (Wildman–Crippen LogP) is 6.31. The van der Waals surface area contributed by atoms with Gasteiger partial charge in [0.05, 0.1) is 7.11 Å². The summed E-state index contributed by atoms with van der Waals surface area (Å²) in [6, 6.07) is 0. The van der Waals surface area contributed by atoms with Gasteiger partial charge in [0.1, 0.15) is 0 Å². The topological polar surface area (TPSA) is 26.3 Å². The molecule has 0 radical (unpaired) electrons. The number of hydrogen-bond acceptors (Lipinski definition) is 2. The zero-order chi connectivity index (χ0) is 21.3. The molecular weight excluding hydrogens is 284 g/mol. The first-order chi connectivity index (χ1) is 13.2. The number of carbonyl (C=O) groups excluding carboxylic acids is 1. The maximum Gasteiger partial charge on any atom is 0.305 e. The van der Waals surface area contributed by atoms with Crippen molar-refractivity contribution in [3.8, 4) is 0 Å². The van der Waals surface area contributed by atoms with E-state index in [0.717, 1.165) is 32.1 Å². The van der Waals surface area contributed by atoms with Crippen LogP contribution >= 0.6 is 0 Å². The Hall–Kier alpha value is -1.57. The summed E-state index contributed by atoms with van der Waals surface area (Å²) in [7, 11) is 1.40. The number of carbonyl (C=O) groups is 1. The highest BCUT2D eigenvalue weighted by Crippen LogP contribution is 2.01. The molecule has 0 bridgehead atoms. The van der Waals surface area contributed by atoms with Crippen molar-refractivity contribution in [3.05, 3.63) is 48.6 Å². The first-order valence-electron chi connectivity index (χ1n) is 10.9. The van der Waals surface area contributed by atoms with E-state index in [1.165, 1.54) is 7.11 Å². The maximum atomic E-state index is 10.9. The molecule has 0 unspecified atom stereocenters. The van der Waals surface area contributed by atoms with Crippen molar-refractivity contribution < 1.29 is 16.4 Å². The number of unbranched alkanes of at least 4 members (excludes halogenated alkanes) is 2.